The summed E-state index contributed by atoms with van der Waals surface area (Å²) in [5, 5.41) is 15.7. The molecule has 0 aliphatic heterocycles. The van der Waals surface area contributed by atoms with Crippen molar-refractivity contribution in [2.45, 2.75) is 25.7 Å². The monoisotopic (exact) mass is 404 g/mol. The number of nitrogens with zero attached hydrogens (tertiary/aromatic N) is 2. The number of aryl methyl sites for hydroxylation is 1. The predicted octanol–water partition coefficient (Wildman–Crippen LogP) is 4.83. The van der Waals surface area contributed by atoms with Crippen LogP contribution in [0, 0.1) is 12.7 Å². The van der Waals surface area contributed by atoms with Crippen LogP contribution in [0.5, 0.6) is 5.88 Å². The van der Waals surface area contributed by atoms with Crippen LogP contribution in [0.15, 0.2) is 65.7 Å². The first kappa shape index (κ1) is 19.6. The van der Waals surface area contributed by atoms with E-state index in [0.29, 0.717) is 17.1 Å². The number of guanidine groups is 1. The second kappa shape index (κ2) is 8.32. The fourth-order valence-corrected chi connectivity index (χ4v) is 3.07. The largest absolute Gasteiger partial charge is 0.493 e. The van der Waals surface area contributed by atoms with Crippen molar-refractivity contribution < 1.29 is 14.3 Å². The summed E-state index contributed by atoms with van der Waals surface area (Å²) in [6.45, 7) is 1.94. The fourth-order valence-electron chi connectivity index (χ4n) is 3.07. The number of aliphatic imine (C=N–C) groups is 1. The molecule has 1 amide bonds. The molecule has 0 bridgehead atoms. The number of aromatic hydroxyl groups is 1. The second-order valence-corrected chi connectivity index (χ2v) is 7.27. The molecule has 2 aromatic carbocycles. The maximum atomic E-state index is 13.8. The summed E-state index contributed by atoms with van der Waals surface area (Å²) < 4.78 is 13.8. The molecule has 6 nitrogen and oxygen atoms in total. The summed E-state index contributed by atoms with van der Waals surface area (Å²) in [4.78, 5) is 20.9. The number of carbonyl (C=O) groups excluding carboxylic acids is 1. The Balaban J connectivity index is 1.66. The number of anilines is 2. The first-order valence-corrected chi connectivity index (χ1v) is 9.67. The van der Waals surface area contributed by atoms with Crippen molar-refractivity contribution >= 4 is 23.4 Å². The van der Waals surface area contributed by atoms with Crippen molar-refractivity contribution in [2.75, 3.05) is 10.6 Å². The highest BCUT2D eigenvalue weighted by atomic mass is 19.1. The lowest BCUT2D eigenvalue weighted by Gasteiger charge is -2.15. The van der Waals surface area contributed by atoms with Gasteiger partial charge in [-0.2, -0.15) is 9.98 Å². The Morgan fingerprint density at radius 3 is 2.57 bits per heavy atom. The lowest BCUT2D eigenvalue weighted by Crippen LogP contribution is -2.25. The van der Waals surface area contributed by atoms with Crippen LogP contribution in [-0.2, 0) is 0 Å². The third kappa shape index (κ3) is 4.81. The number of amides is 1. The van der Waals surface area contributed by atoms with Crippen molar-refractivity contribution in [3.63, 3.8) is 0 Å². The zero-order valence-corrected chi connectivity index (χ0v) is 16.4. The van der Waals surface area contributed by atoms with Crippen LogP contribution in [0.25, 0.3) is 0 Å². The molecule has 152 valence electrons. The first-order valence-electron chi connectivity index (χ1n) is 9.67. The number of nitrogens with one attached hydrogen (secondary N) is 2. The van der Waals surface area contributed by atoms with Gasteiger partial charge in [-0.15, -0.1) is 0 Å². The molecule has 1 saturated carbocycles. The van der Waals surface area contributed by atoms with E-state index in [-0.39, 0.29) is 23.6 Å². The lowest BCUT2D eigenvalue weighted by molar-refractivity contribution is 0.100. The van der Waals surface area contributed by atoms with Crippen LogP contribution >= 0.6 is 0 Å². The Kier molecular flexibility index (Phi) is 5.43. The molecule has 1 aliphatic carbocycles. The second-order valence-electron chi connectivity index (χ2n) is 7.27. The smallest absolute Gasteiger partial charge is 0.280 e. The van der Waals surface area contributed by atoms with E-state index < -0.39 is 5.91 Å². The molecule has 3 aromatic rings. The zero-order chi connectivity index (χ0) is 21.1. The summed E-state index contributed by atoms with van der Waals surface area (Å²) in [5.74, 6) is -0.180. The van der Waals surface area contributed by atoms with Crippen LogP contribution in [0.3, 0.4) is 0 Å². The molecular weight excluding hydrogens is 383 g/mol. The molecule has 4 rings (SSSR count). The minimum atomic E-state index is -0.444. The molecule has 30 heavy (non-hydrogen) atoms. The number of carbonyl (C=O) groups is 1. The molecule has 7 heteroatoms. The molecule has 1 heterocycles. The van der Waals surface area contributed by atoms with E-state index >= 15 is 0 Å². The quantitative estimate of drug-likeness (QED) is 0.428. The van der Waals surface area contributed by atoms with Gasteiger partial charge in [-0.25, -0.2) is 4.39 Å². The van der Waals surface area contributed by atoms with E-state index in [1.165, 1.54) is 18.2 Å². The molecule has 0 unspecified atom stereocenters. The minimum absolute atomic E-state index is 0.132. The van der Waals surface area contributed by atoms with Gasteiger partial charge in [0, 0.05) is 17.3 Å². The SMILES string of the molecule is Cc1ccc(C(=O)/N=C(\Nc2cccc(O)n2)Nc2ccc(F)cc2C2CC2)cc1. The molecule has 0 saturated heterocycles. The van der Waals surface area contributed by atoms with Crippen molar-refractivity contribution in [1.29, 1.82) is 0 Å². The van der Waals surface area contributed by atoms with Gasteiger partial charge in [-0.3, -0.25) is 4.79 Å². The zero-order valence-electron chi connectivity index (χ0n) is 16.4. The fraction of sp³-hybridized carbons (Fsp3) is 0.174. The van der Waals surface area contributed by atoms with Crippen molar-refractivity contribution in [3.8, 4) is 5.88 Å². The molecule has 1 aliphatic rings. The highest BCUT2D eigenvalue weighted by Crippen LogP contribution is 2.43. The van der Waals surface area contributed by atoms with Gasteiger partial charge in [0.15, 0.2) is 0 Å². The molecule has 0 atom stereocenters. The van der Waals surface area contributed by atoms with Gasteiger partial charge in [-0.05, 0) is 67.6 Å². The summed E-state index contributed by atoms with van der Waals surface area (Å²) in [6.07, 6.45) is 1.99. The van der Waals surface area contributed by atoms with E-state index in [1.807, 2.05) is 19.1 Å². The first-order chi connectivity index (χ1) is 14.5. The van der Waals surface area contributed by atoms with Gasteiger partial charge in [0.05, 0.1) is 0 Å². The van der Waals surface area contributed by atoms with Crippen LogP contribution in [0.1, 0.15) is 40.2 Å². The Hall–Kier alpha value is -3.74. The molecular formula is C23H21FN4O2. The van der Waals surface area contributed by atoms with Gasteiger partial charge < -0.3 is 15.7 Å². The van der Waals surface area contributed by atoms with Crippen LogP contribution in [-0.4, -0.2) is 22.0 Å². The molecule has 3 N–H and O–H groups in total. The average Bonchev–Trinajstić information content (AvgIpc) is 3.55. The number of hydrogen-bond acceptors (Lipinski definition) is 3. The van der Waals surface area contributed by atoms with E-state index in [9.17, 15) is 14.3 Å². The van der Waals surface area contributed by atoms with Gasteiger partial charge in [0.1, 0.15) is 11.6 Å². The van der Waals surface area contributed by atoms with Crippen molar-refractivity contribution in [1.82, 2.24) is 4.98 Å². The third-order valence-corrected chi connectivity index (χ3v) is 4.78. The van der Waals surface area contributed by atoms with Crippen LogP contribution in [0.2, 0.25) is 0 Å². The Morgan fingerprint density at radius 2 is 1.87 bits per heavy atom. The van der Waals surface area contributed by atoms with Crippen LogP contribution < -0.4 is 10.6 Å². The standard InChI is InChI=1S/C23H21FN4O2/c1-14-5-7-16(8-6-14)22(30)28-23(27-20-3-2-4-21(29)26-20)25-19-12-11-17(24)13-18(19)15-9-10-15/h2-8,11-13,15H,9-10H2,1H3,(H3,25,26,27,28,29,30). The number of rotatable bonds is 4. The Morgan fingerprint density at radius 1 is 1.10 bits per heavy atom. The van der Waals surface area contributed by atoms with Gasteiger partial charge in [-0.1, -0.05) is 23.8 Å². The Bertz CT molecular complexity index is 1110. The molecule has 0 spiro atoms. The predicted molar refractivity (Wildman–Crippen MR) is 114 cm³/mol. The average molecular weight is 404 g/mol. The number of hydrogen-bond donors (Lipinski definition) is 3. The molecule has 1 aromatic heterocycles. The maximum absolute atomic E-state index is 13.8. The van der Waals surface area contributed by atoms with E-state index in [2.05, 4.69) is 20.6 Å². The van der Waals surface area contributed by atoms with Gasteiger partial charge in [0.2, 0.25) is 11.8 Å². The number of halogens is 1. The lowest BCUT2D eigenvalue weighted by atomic mass is 10.1. The molecule has 1 fully saturated rings. The van der Waals surface area contributed by atoms with E-state index in [1.54, 1.807) is 30.3 Å². The normalized spacial score (nSPS) is 13.7. The maximum Gasteiger partial charge on any atom is 0.280 e. The Labute approximate surface area is 173 Å². The summed E-state index contributed by atoms with van der Waals surface area (Å²) in [7, 11) is 0. The third-order valence-electron chi connectivity index (χ3n) is 4.78. The summed E-state index contributed by atoms with van der Waals surface area (Å²) in [5.41, 5.74) is 2.99. The summed E-state index contributed by atoms with van der Waals surface area (Å²) in [6, 6.07) is 16.3. The number of pyridine rings is 1. The van der Waals surface area contributed by atoms with Crippen molar-refractivity contribution in [2.24, 2.45) is 4.99 Å². The topological polar surface area (TPSA) is 86.6 Å². The summed E-state index contributed by atoms with van der Waals surface area (Å²) >= 11 is 0. The van der Waals surface area contributed by atoms with E-state index in [4.69, 9.17) is 0 Å². The highest BCUT2D eigenvalue weighted by molar-refractivity contribution is 6.11. The number of benzene rings is 2. The van der Waals surface area contributed by atoms with Gasteiger partial charge in [0.25, 0.3) is 5.91 Å². The molecule has 0 radical (unpaired) electrons. The highest BCUT2D eigenvalue weighted by Gasteiger charge is 2.27. The van der Waals surface area contributed by atoms with E-state index in [0.717, 1.165) is 24.0 Å². The minimum Gasteiger partial charge on any atom is -0.493 e. The van der Waals surface area contributed by atoms with Crippen LogP contribution in [0.4, 0.5) is 15.9 Å². The number of aromatic nitrogens is 1. The van der Waals surface area contributed by atoms with Gasteiger partial charge >= 0.3 is 0 Å². The van der Waals surface area contributed by atoms with Crippen molar-refractivity contribution in [3.05, 3.63) is 83.2 Å².